The molecule has 2 amide bonds. The summed E-state index contributed by atoms with van der Waals surface area (Å²) in [5.74, 6) is -1.53. The number of piperidine rings is 1. The normalized spacial score (nSPS) is 19.4. The molecule has 0 aromatic carbocycles. The Kier molecular flexibility index (Phi) is 6.51. The lowest BCUT2D eigenvalue weighted by atomic mass is 9.91. The van der Waals surface area contributed by atoms with Crippen molar-refractivity contribution in [2.75, 3.05) is 6.54 Å². The predicted molar refractivity (Wildman–Crippen MR) is 105 cm³/mol. The van der Waals surface area contributed by atoms with Gasteiger partial charge in [-0.15, -0.1) is 0 Å². The van der Waals surface area contributed by atoms with Gasteiger partial charge in [0.25, 0.3) is 5.56 Å². The molecule has 2 N–H and O–H groups in total. The summed E-state index contributed by atoms with van der Waals surface area (Å²) in [6, 6.07) is 2.78. The lowest BCUT2D eigenvalue weighted by Crippen LogP contribution is -2.49. The largest absolute Gasteiger partial charge is 0.477 e. The van der Waals surface area contributed by atoms with Gasteiger partial charge in [0.15, 0.2) is 0 Å². The van der Waals surface area contributed by atoms with Crippen molar-refractivity contribution in [2.24, 2.45) is 5.92 Å². The van der Waals surface area contributed by atoms with Crippen molar-refractivity contribution < 1.29 is 24.2 Å². The molecular formula is C20H27N3O6. The van der Waals surface area contributed by atoms with E-state index in [0.29, 0.717) is 24.2 Å². The van der Waals surface area contributed by atoms with Gasteiger partial charge in [0.1, 0.15) is 17.3 Å². The van der Waals surface area contributed by atoms with Crippen LogP contribution in [0.5, 0.6) is 0 Å². The van der Waals surface area contributed by atoms with Crippen LogP contribution in [0.15, 0.2) is 29.2 Å². The highest BCUT2D eigenvalue weighted by Crippen LogP contribution is 2.34. The van der Waals surface area contributed by atoms with Crippen molar-refractivity contribution in [3.8, 4) is 0 Å². The van der Waals surface area contributed by atoms with Crippen LogP contribution in [0.1, 0.15) is 55.8 Å². The maximum atomic E-state index is 12.9. The van der Waals surface area contributed by atoms with Crippen molar-refractivity contribution in [1.29, 1.82) is 0 Å². The van der Waals surface area contributed by atoms with Gasteiger partial charge in [-0.2, -0.15) is 0 Å². The van der Waals surface area contributed by atoms with Gasteiger partial charge >= 0.3 is 12.1 Å². The number of carbonyl (C=O) groups is 3. The van der Waals surface area contributed by atoms with Crippen molar-refractivity contribution in [1.82, 2.24) is 14.8 Å². The molecule has 29 heavy (non-hydrogen) atoms. The van der Waals surface area contributed by atoms with Crippen LogP contribution < -0.4 is 10.9 Å². The first-order valence-electron chi connectivity index (χ1n) is 9.30. The number of nitrogens with one attached hydrogen (secondary N) is 1. The summed E-state index contributed by atoms with van der Waals surface area (Å²) in [4.78, 5) is 49.4. The zero-order valence-electron chi connectivity index (χ0n) is 17.1. The average Bonchev–Trinajstić information content (AvgIpc) is 2.60. The number of nitrogens with zero attached hydrogens (tertiary/aromatic N) is 2. The minimum absolute atomic E-state index is 0.191. The van der Waals surface area contributed by atoms with E-state index in [2.05, 4.69) is 11.9 Å². The molecule has 9 heteroatoms. The zero-order valence-corrected chi connectivity index (χ0v) is 17.1. The van der Waals surface area contributed by atoms with E-state index in [1.165, 1.54) is 21.6 Å². The van der Waals surface area contributed by atoms with Gasteiger partial charge in [-0.25, -0.2) is 9.59 Å². The summed E-state index contributed by atoms with van der Waals surface area (Å²) in [5, 5.41) is 11.9. The molecule has 1 saturated heterocycles. The first-order chi connectivity index (χ1) is 13.5. The third-order valence-electron chi connectivity index (χ3n) is 4.79. The van der Waals surface area contributed by atoms with Crippen LogP contribution in [0.25, 0.3) is 0 Å². The Labute approximate surface area is 169 Å². The summed E-state index contributed by atoms with van der Waals surface area (Å²) < 4.78 is 6.79. The summed E-state index contributed by atoms with van der Waals surface area (Å²) >= 11 is 0. The second-order valence-electron chi connectivity index (χ2n) is 8.03. The van der Waals surface area contributed by atoms with E-state index in [0.717, 1.165) is 0 Å². The standard InChI is InChI=1S/C20H27N3O6/c1-12-6-7-15(18(26)27)17(25)23(12)16-10-14(13(2)21-11-24)8-9-22(16)19(28)29-20(3,4)5/h6-7,11,14,16H,2,8-10H2,1,3-5H3,(H,21,24)(H,26,27). The van der Waals surface area contributed by atoms with Crippen LogP contribution in [0, 0.1) is 12.8 Å². The second kappa shape index (κ2) is 8.50. The highest BCUT2D eigenvalue weighted by Gasteiger charge is 2.37. The van der Waals surface area contributed by atoms with Crippen LogP contribution in [0.3, 0.4) is 0 Å². The maximum Gasteiger partial charge on any atom is 0.411 e. The van der Waals surface area contributed by atoms with Crippen LogP contribution >= 0.6 is 0 Å². The molecule has 158 valence electrons. The summed E-state index contributed by atoms with van der Waals surface area (Å²) in [7, 11) is 0. The molecule has 2 heterocycles. The Morgan fingerprint density at radius 3 is 2.55 bits per heavy atom. The fraction of sp³-hybridized carbons (Fsp3) is 0.500. The highest BCUT2D eigenvalue weighted by atomic mass is 16.6. The van der Waals surface area contributed by atoms with E-state index in [9.17, 15) is 24.3 Å². The zero-order chi connectivity index (χ0) is 21.9. The number of aryl methyl sites for hydroxylation is 1. The van der Waals surface area contributed by atoms with Gasteiger partial charge in [0.05, 0.1) is 0 Å². The number of ether oxygens (including phenoxy) is 1. The number of rotatable bonds is 5. The average molecular weight is 405 g/mol. The number of aromatic carboxylic acids is 1. The van der Waals surface area contributed by atoms with E-state index in [-0.39, 0.29) is 24.4 Å². The lowest BCUT2D eigenvalue weighted by molar-refractivity contribution is -0.109. The number of carboxylic acids is 1. The number of hydrogen-bond donors (Lipinski definition) is 2. The van der Waals surface area contributed by atoms with E-state index >= 15 is 0 Å². The van der Waals surface area contributed by atoms with Crippen LogP contribution in [-0.4, -0.2) is 45.2 Å². The Bertz CT molecular complexity index is 883. The van der Waals surface area contributed by atoms with Crippen LogP contribution in [0.4, 0.5) is 4.79 Å². The number of carbonyl (C=O) groups excluding carboxylic acids is 2. The van der Waals surface area contributed by atoms with Crippen LogP contribution in [-0.2, 0) is 9.53 Å². The monoisotopic (exact) mass is 405 g/mol. The highest BCUT2D eigenvalue weighted by molar-refractivity contribution is 5.87. The Morgan fingerprint density at radius 1 is 1.34 bits per heavy atom. The number of pyridine rings is 1. The van der Waals surface area contributed by atoms with Gasteiger partial charge in [0, 0.05) is 23.9 Å². The molecule has 1 aliphatic heterocycles. The first-order valence-corrected chi connectivity index (χ1v) is 9.30. The minimum Gasteiger partial charge on any atom is -0.477 e. The topological polar surface area (TPSA) is 118 Å². The summed E-state index contributed by atoms with van der Waals surface area (Å²) in [5.41, 5.74) is -0.830. The number of aromatic nitrogens is 1. The number of allylic oxidation sites excluding steroid dienone is 1. The third-order valence-corrected chi connectivity index (χ3v) is 4.79. The quantitative estimate of drug-likeness (QED) is 0.726. The molecule has 2 atom stereocenters. The third kappa shape index (κ3) is 5.04. The van der Waals surface area contributed by atoms with E-state index < -0.39 is 29.4 Å². The fourth-order valence-corrected chi connectivity index (χ4v) is 3.41. The van der Waals surface area contributed by atoms with E-state index in [1.807, 2.05) is 0 Å². The van der Waals surface area contributed by atoms with Gasteiger partial charge in [0.2, 0.25) is 6.41 Å². The molecule has 1 aliphatic rings. The van der Waals surface area contributed by atoms with Gasteiger partial charge in [-0.3, -0.25) is 19.1 Å². The Balaban J connectivity index is 2.52. The number of hydrogen-bond acceptors (Lipinski definition) is 5. The Morgan fingerprint density at radius 2 is 2.00 bits per heavy atom. The SMILES string of the molecule is C=C(NC=O)C1CCN(C(=O)OC(C)(C)C)C(n2c(C)ccc(C(=O)O)c2=O)C1. The van der Waals surface area contributed by atoms with Crippen molar-refractivity contribution in [2.45, 2.75) is 52.3 Å². The number of likely N-dealkylation sites (tertiary alicyclic amines) is 1. The second-order valence-corrected chi connectivity index (χ2v) is 8.03. The molecule has 1 fully saturated rings. The van der Waals surface area contributed by atoms with Gasteiger partial charge in [-0.1, -0.05) is 6.58 Å². The predicted octanol–water partition coefficient (Wildman–Crippen LogP) is 2.26. The fourth-order valence-electron chi connectivity index (χ4n) is 3.41. The summed E-state index contributed by atoms with van der Waals surface area (Å²) in [6.07, 6.45) is -0.0486. The first kappa shape index (κ1) is 22.2. The Hall–Kier alpha value is -3.10. The summed E-state index contributed by atoms with van der Waals surface area (Å²) in [6.45, 7) is 11.0. The molecule has 9 nitrogen and oxygen atoms in total. The van der Waals surface area contributed by atoms with E-state index in [1.54, 1.807) is 27.7 Å². The molecule has 0 aliphatic carbocycles. The molecule has 0 saturated carbocycles. The van der Waals surface area contributed by atoms with Gasteiger partial charge in [-0.05, 0) is 52.7 Å². The molecule has 0 radical (unpaired) electrons. The maximum absolute atomic E-state index is 12.9. The van der Waals surface area contributed by atoms with Crippen molar-refractivity contribution in [3.63, 3.8) is 0 Å². The molecule has 2 unspecified atom stereocenters. The number of carboxylic acid groups (broad SMARTS) is 1. The molecule has 0 bridgehead atoms. The lowest BCUT2D eigenvalue weighted by Gasteiger charge is -2.41. The molecule has 0 spiro atoms. The molecular weight excluding hydrogens is 378 g/mol. The smallest absolute Gasteiger partial charge is 0.411 e. The van der Waals surface area contributed by atoms with Crippen molar-refractivity contribution >= 4 is 18.5 Å². The molecule has 1 aromatic rings. The van der Waals surface area contributed by atoms with Crippen LogP contribution in [0.2, 0.25) is 0 Å². The molecule has 1 aromatic heterocycles. The molecule has 2 rings (SSSR count). The van der Waals surface area contributed by atoms with Gasteiger partial charge < -0.3 is 15.2 Å². The minimum atomic E-state index is -1.34. The van der Waals surface area contributed by atoms with Crippen molar-refractivity contribution in [3.05, 3.63) is 46.0 Å². The number of amides is 2. The van der Waals surface area contributed by atoms with E-state index in [4.69, 9.17) is 4.74 Å².